The van der Waals surface area contributed by atoms with Gasteiger partial charge in [-0.2, -0.15) is 0 Å². The van der Waals surface area contributed by atoms with Crippen LogP contribution in [0.2, 0.25) is 0 Å². The molecule has 0 N–H and O–H groups in total. The molecular weight excluding hydrogens is 384 g/mol. The maximum absolute atomic E-state index is 13.7. The lowest BCUT2D eigenvalue weighted by molar-refractivity contribution is -0.545. The number of rotatable bonds is 10. The number of hydrogen-bond donors (Lipinski definition) is 0. The third kappa shape index (κ3) is 5.18. The summed E-state index contributed by atoms with van der Waals surface area (Å²) in [7, 11) is 3.30. The fraction of sp³-hybridized carbons (Fsp3) is 0.480. The zero-order valence-corrected chi connectivity index (χ0v) is 18.3. The van der Waals surface area contributed by atoms with Gasteiger partial charge in [0.05, 0.1) is 14.2 Å². The van der Waals surface area contributed by atoms with Crippen molar-refractivity contribution in [1.29, 1.82) is 0 Å². The molecule has 0 aromatic heterocycles. The van der Waals surface area contributed by atoms with E-state index >= 15 is 0 Å². The molecule has 5 heteroatoms. The van der Waals surface area contributed by atoms with Gasteiger partial charge in [0.25, 0.3) is 0 Å². The lowest BCUT2D eigenvalue weighted by Gasteiger charge is -2.21. The highest BCUT2D eigenvalue weighted by Crippen LogP contribution is 2.33. The van der Waals surface area contributed by atoms with Gasteiger partial charge in [0.1, 0.15) is 6.54 Å². The molecule has 2 aromatic carbocycles. The third-order valence-corrected chi connectivity index (χ3v) is 5.83. The van der Waals surface area contributed by atoms with E-state index in [-0.39, 0.29) is 0 Å². The molecule has 0 aliphatic carbocycles. The number of hydrogen-bond acceptors (Lipinski definition) is 2. The molecule has 0 unspecified atom stereocenters. The summed E-state index contributed by atoms with van der Waals surface area (Å²) >= 11 is 0. The highest BCUT2D eigenvalue weighted by Gasteiger charge is 2.27. The average Bonchev–Trinajstić information content (AvgIpc) is 2.76. The maximum Gasteiger partial charge on any atom is 0.184 e. The molecule has 30 heavy (non-hydrogen) atoms. The Hall–Kier alpha value is -2.43. The van der Waals surface area contributed by atoms with Gasteiger partial charge in [0.2, 0.25) is 0 Å². The first-order valence-corrected chi connectivity index (χ1v) is 10.9. The Kier molecular flexibility index (Phi) is 7.83. The summed E-state index contributed by atoms with van der Waals surface area (Å²) in [5.41, 5.74) is 4.45. The zero-order valence-electron chi connectivity index (χ0n) is 18.3. The van der Waals surface area contributed by atoms with Gasteiger partial charge < -0.3 is 9.47 Å². The number of benzene rings is 2. The van der Waals surface area contributed by atoms with Crippen molar-refractivity contribution in [3.05, 3.63) is 58.7 Å². The number of unbranched alkanes of at least 4 members (excludes halogenated alkanes) is 4. The molecule has 3 nitrogen and oxygen atoms in total. The van der Waals surface area contributed by atoms with E-state index in [4.69, 9.17) is 9.47 Å². The second kappa shape index (κ2) is 10.6. The number of ether oxygens (including phenoxy) is 2. The summed E-state index contributed by atoms with van der Waals surface area (Å²) in [5, 5.41) is 0. The molecule has 0 spiro atoms. The summed E-state index contributed by atoms with van der Waals surface area (Å²) in [6, 6.07) is 8.31. The Morgan fingerprint density at radius 1 is 0.900 bits per heavy atom. The summed E-state index contributed by atoms with van der Waals surface area (Å²) in [6.45, 7) is 3.62. The zero-order chi connectivity index (χ0) is 21.5. The van der Waals surface area contributed by atoms with Crippen LogP contribution < -0.4 is 9.47 Å². The minimum absolute atomic E-state index is 0.565. The molecule has 1 aliphatic heterocycles. The third-order valence-electron chi connectivity index (χ3n) is 5.83. The Labute approximate surface area is 178 Å². The van der Waals surface area contributed by atoms with Crippen LogP contribution in [0.25, 0.3) is 0 Å². The van der Waals surface area contributed by atoms with E-state index < -0.39 is 11.6 Å². The number of fused-ring (bicyclic) bond motifs is 1. The smallest absolute Gasteiger partial charge is 0.184 e. The fourth-order valence-electron chi connectivity index (χ4n) is 4.18. The molecule has 1 aliphatic rings. The number of methoxy groups -OCH3 is 2. The first kappa shape index (κ1) is 22.3. The summed E-state index contributed by atoms with van der Waals surface area (Å²) in [5.74, 6) is -0.140. The lowest BCUT2D eigenvalue weighted by atomic mass is 9.92. The van der Waals surface area contributed by atoms with E-state index in [0.29, 0.717) is 6.54 Å². The van der Waals surface area contributed by atoms with Crippen molar-refractivity contribution in [2.45, 2.75) is 58.4 Å². The monoisotopic (exact) mass is 416 g/mol. The van der Waals surface area contributed by atoms with Crippen LogP contribution in [-0.4, -0.2) is 31.1 Å². The fourth-order valence-corrected chi connectivity index (χ4v) is 4.18. The predicted molar refractivity (Wildman–Crippen MR) is 116 cm³/mol. The topological polar surface area (TPSA) is 21.5 Å². The standard InChI is InChI=1S/C25H32F2NO2/c1-4-5-6-7-8-9-23-20-16-25(30-3)24(29-2)15-19(20)12-13-28(23)17-18-10-11-21(26)22(27)14-18/h10-11,14-16H,4-9,12-13,17H2,1-3H3/q+1. The molecule has 1 heterocycles. The molecule has 0 atom stereocenters. The van der Waals surface area contributed by atoms with Gasteiger partial charge in [-0.05, 0) is 42.3 Å². The van der Waals surface area contributed by atoms with Crippen molar-refractivity contribution < 1.29 is 22.8 Å². The molecule has 0 saturated carbocycles. The largest absolute Gasteiger partial charge is 0.493 e. The molecule has 2 aromatic rings. The maximum atomic E-state index is 13.7. The van der Waals surface area contributed by atoms with Crippen LogP contribution in [0.5, 0.6) is 11.5 Å². The predicted octanol–water partition coefficient (Wildman–Crippen LogP) is 5.90. The second-order valence-electron chi connectivity index (χ2n) is 7.90. The number of nitrogens with zero attached hydrogens (tertiary/aromatic N) is 1. The van der Waals surface area contributed by atoms with Gasteiger partial charge >= 0.3 is 0 Å². The molecular formula is C25H32F2NO2+. The van der Waals surface area contributed by atoms with E-state index in [1.165, 1.54) is 54.7 Å². The highest BCUT2D eigenvalue weighted by molar-refractivity contribution is 5.99. The lowest BCUT2D eigenvalue weighted by Crippen LogP contribution is -2.30. The quantitative estimate of drug-likeness (QED) is 0.355. The van der Waals surface area contributed by atoms with Crippen molar-refractivity contribution in [2.75, 3.05) is 20.8 Å². The van der Waals surface area contributed by atoms with Gasteiger partial charge in [-0.1, -0.05) is 32.6 Å². The van der Waals surface area contributed by atoms with Crippen LogP contribution in [0.1, 0.15) is 62.1 Å². The van der Waals surface area contributed by atoms with Crippen LogP contribution in [0.3, 0.4) is 0 Å². The van der Waals surface area contributed by atoms with E-state index in [0.717, 1.165) is 42.9 Å². The van der Waals surface area contributed by atoms with Crippen LogP contribution in [-0.2, 0) is 13.0 Å². The Morgan fingerprint density at radius 2 is 1.63 bits per heavy atom. The molecule has 3 rings (SSSR count). The van der Waals surface area contributed by atoms with Gasteiger partial charge in [-0.15, -0.1) is 0 Å². The molecule has 162 valence electrons. The van der Waals surface area contributed by atoms with Crippen LogP contribution in [0.15, 0.2) is 30.3 Å². The molecule has 0 fully saturated rings. The van der Waals surface area contributed by atoms with Crippen molar-refractivity contribution in [1.82, 2.24) is 0 Å². The Morgan fingerprint density at radius 3 is 2.33 bits per heavy atom. The summed E-state index contributed by atoms with van der Waals surface area (Å²) < 4.78 is 40.4. The highest BCUT2D eigenvalue weighted by atomic mass is 19.2. The van der Waals surface area contributed by atoms with Gasteiger partial charge in [0.15, 0.2) is 35.4 Å². The summed E-state index contributed by atoms with van der Waals surface area (Å²) in [4.78, 5) is 0. The first-order valence-electron chi connectivity index (χ1n) is 10.9. The van der Waals surface area contributed by atoms with Crippen LogP contribution >= 0.6 is 0 Å². The van der Waals surface area contributed by atoms with Crippen molar-refractivity contribution in [3.8, 4) is 11.5 Å². The average molecular weight is 417 g/mol. The van der Waals surface area contributed by atoms with Gasteiger partial charge in [-0.25, -0.2) is 13.4 Å². The molecule has 0 radical (unpaired) electrons. The minimum atomic E-state index is -0.806. The van der Waals surface area contributed by atoms with Gasteiger partial charge in [-0.3, -0.25) is 0 Å². The molecule has 0 bridgehead atoms. The van der Waals surface area contributed by atoms with Crippen molar-refractivity contribution in [3.63, 3.8) is 0 Å². The van der Waals surface area contributed by atoms with E-state index in [9.17, 15) is 8.78 Å². The van der Waals surface area contributed by atoms with Crippen molar-refractivity contribution in [2.24, 2.45) is 0 Å². The Balaban J connectivity index is 1.94. The van der Waals surface area contributed by atoms with E-state index in [2.05, 4.69) is 23.6 Å². The van der Waals surface area contributed by atoms with Crippen LogP contribution in [0.4, 0.5) is 8.78 Å². The second-order valence-corrected chi connectivity index (χ2v) is 7.90. The van der Waals surface area contributed by atoms with E-state index in [1.807, 2.05) is 0 Å². The Bertz CT molecular complexity index is 908. The molecule has 0 amide bonds. The normalized spacial score (nSPS) is 13.4. The van der Waals surface area contributed by atoms with Crippen molar-refractivity contribution >= 4 is 5.71 Å². The summed E-state index contributed by atoms with van der Waals surface area (Å²) in [6.07, 6.45) is 7.85. The van der Waals surface area contributed by atoms with Gasteiger partial charge in [0, 0.05) is 24.0 Å². The SMILES string of the molecule is CCCCCCCC1=[N+](Cc2ccc(F)c(F)c2)CCc2cc(OC)c(OC)cc21. The first-order chi connectivity index (χ1) is 14.6. The molecule has 0 saturated heterocycles. The number of halogens is 2. The van der Waals surface area contributed by atoms with E-state index in [1.54, 1.807) is 20.3 Å². The minimum Gasteiger partial charge on any atom is -0.493 e. The van der Waals surface area contributed by atoms with Crippen LogP contribution in [0, 0.1) is 11.6 Å².